The minimum absolute atomic E-state index is 0.238. The van der Waals surface area contributed by atoms with Crippen molar-refractivity contribution in [1.82, 2.24) is 4.90 Å². The average molecular weight is 242 g/mol. The van der Waals surface area contributed by atoms with Gasteiger partial charge in [0.25, 0.3) is 0 Å². The first-order chi connectivity index (χ1) is 8.10. The molecule has 0 rings (SSSR count). The van der Waals surface area contributed by atoms with E-state index < -0.39 is 0 Å². The predicted octanol–water partition coefficient (Wildman–Crippen LogP) is 3.65. The minimum Gasteiger partial charge on any atom is -0.329 e. The summed E-state index contributed by atoms with van der Waals surface area (Å²) in [6.45, 7) is 14.7. The van der Waals surface area contributed by atoms with Crippen LogP contribution in [0.1, 0.15) is 66.7 Å². The van der Waals surface area contributed by atoms with Gasteiger partial charge in [-0.1, -0.05) is 41.0 Å². The monoisotopic (exact) mass is 242 g/mol. The molecule has 0 saturated carbocycles. The molecule has 0 aromatic rings. The maximum Gasteiger partial charge on any atom is 0.0331 e. The maximum absolute atomic E-state index is 6.14. The van der Waals surface area contributed by atoms with E-state index in [1.807, 2.05) is 0 Å². The van der Waals surface area contributed by atoms with E-state index in [1.54, 1.807) is 0 Å². The fraction of sp³-hybridized carbons (Fsp3) is 1.00. The van der Waals surface area contributed by atoms with Gasteiger partial charge in [-0.05, 0) is 44.7 Å². The van der Waals surface area contributed by atoms with Gasteiger partial charge in [-0.15, -0.1) is 0 Å². The second kappa shape index (κ2) is 8.93. The van der Waals surface area contributed by atoms with Crippen molar-refractivity contribution in [2.45, 2.75) is 72.3 Å². The molecule has 0 heterocycles. The Morgan fingerprint density at radius 3 is 1.88 bits per heavy atom. The summed E-state index contributed by atoms with van der Waals surface area (Å²) in [7, 11) is 0. The zero-order valence-corrected chi connectivity index (χ0v) is 12.8. The van der Waals surface area contributed by atoms with E-state index in [-0.39, 0.29) is 5.54 Å². The molecular formula is C15H34N2. The molecule has 0 radical (unpaired) electrons. The lowest BCUT2D eigenvalue weighted by atomic mass is 9.82. The second-order valence-corrected chi connectivity index (χ2v) is 5.49. The second-order valence-electron chi connectivity index (χ2n) is 5.49. The summed E-state index contributed by atoms with van der Waals surface area (Å²) < 4.78 is 0. The van der Waals surface area contributed by atoms with E-state index in [1.165, 1.54) is 45.2 Å². The van der Waals surface area contributed by atoms with Gasteiger partial charge in [0.2, 0.25) is 0 Å². The van der Waals surface area contributed by atoms with Crippen LogP contribution < -0.4 is 5.73 Å². The molecule has 0 spiro atoms. The zero-order valence-electron chi connectivity index (χ0n) is 12.8. The van der Waals surface area contributed by atoms with Crippen LogP contribution in [0.3, 0.4) is 0 Å². The first-order valence-corrected chi connectivity index (χ1v) is 7.55. The van der Waals surface area contributed by atoms with Crippen molar-refractivity contribution in [2.75, 3.05) is 19.6 Å². The molecule has 0 bridgehead atoms. The number of hydrogen-bond donors (Lipinski definition) is 1. The minimum atomic E-state index is 0.238. The van der Waals surface area contributed by atoms with Crippen LogP contribution in [0.4, 0.5) is 0 Å². The Labute approximate surface area is 109 Å². The summed E-state index contributed by atoms with van der Waals surface area (Å²) in [5.41, 5.74) is 6.38. The molecule has 0 aromatic carbocycles. The molecule has 2 unspecified atom stereocenters. The van der Waals surface area contributed by atoms with Crippen molar-refractivity contribution >= 4 is 0 Å². The molecule has 2 atom stereocenters. The van der Waals surface area contributed by atoms with E-state index in [0.29, 0.717) is 0 Å². The Morgan fingerprint density at radius 1 is 1.06 bits per heavy atom. The Bertz CT molecular complexity index is 170. The van der Waals surface area contributed by atoms with Crippen molar-refractivity contribution in [2.24, 2.45) is 11.7 Å². The zero-order chi connectivity index (χ0) is 13.3. The summed E-state index contributed by atoms with van der Waals surface area (Å²) in [5.74, 6) is 0.773. The van der Waals surface area contributed by atoms with Gasteiger partial charge in [0.1, 0.15) is 0 Å². The summed E-state index contributed by atoms with van der Waals surface area (Å²) in [6.07, 6.45) is 6.13. The molecule has 0 fully saturated rings. The van der Waals surface area contributed by atoms with E-state index in [4.69, 9.17) is 5.73 Å². The predicted molar refractivity (Wildman–Crippen MR) is 78.3 cm³/mol. The summed E-state index contributed by atoms with van der Waals surface area (Å²) in [5, 5.41) is 0. The van der Waals surface area contributed by atoms with Gasteiger partial charge in [0.05, 0.1) is 0 Å². The molecule has 0 aromatic heterocycles. The third kappa shape index (κ3) is 4.97. The lowest BCUT2D eigenvalue weighted by molar-refractivity contribution is 0.0654. The van der Waals surface area contributed by atoms with Crippen molar-refractivity contribution in [3.05, 3.63) is 0 Å². The number of hydrogen-bond acceptors (Lipinski definition) is 2. The highest BCUT2D eigenvalue weighted by molar-refractivity contribution is 4.91. The molecule has 2 N–H and O–H groups in total. The number of rotatable bonds is 10. The third-order valence-electron chi connectivity index (χ3n) is 4.12. The topological polar surface area (TPSA) is 29.3 Å². The standard InChI is InChI=1S/C15H34N2/c1-6-10-17(11-7-2)15(9-4,13-16)12-14(5)8-3/h14H,6-13,16H2,1-5H3. The van der Waals surface area contributed by atoms with Gasteiger partial charge in [0, 0.05) is 12.1 Å². The van der Waals surface area contributed by atoms with Crippen molar-refractivity contribution < 1.29 is 0 Å². The van der Waals surface area contributed by atoms with E-state index in [0.717, 1.165) is 12.5 Å². The fourth-order valence-corrected chi connectivity index (χ4v) is 2.77. The maximum atomic E-state index is 6.14. The van der Waals surface area contributed by atoms with Crippen LogP contribution in [0.5, 0.6) is 0 Å². The highest BCUT2D eigenvalue weighted by atomic mass is 15.2. The lowest BCUT2D eigenvalue weighted by Crippen LogP contribution is -2.55. The molecule has 2 nitrogen and oxygen atoms in total. The smallest absolute Gasteiger partial charge is 0.0331 e. The SMILES string of the molecule is CCCN(CCC)C(CC)(CN)CC(C)CC. The molecule has 0 saturated heterocycles. The van der Waals surface area contributed by atoms with Crippen LogP contribution in [0.15, 0.2) is 0 Å². The molecule has 2 heteroatoms. The summed E-state index contributed by atoms with van der Waals surface area (Å²) >= 11 is 0. The van der Waals surface area contributed by atoms with Crippen LogP contribution in [0.2, 0.25) is 0 Å². The third-order valence-corrected chi connectivity index (χ3v) is 4.12. The van der Waals surface area contributed by atoms with E-state index >= 15 is 0 Å². The lowest BCUT2D eigenvalue weighted by Gasteiger charge is -2.44. The first-order valence-electron chi connectivity index (χ1n) is 7.55. The number of nitrogens with two attached hydrogens (primary N) is 1. The summed E-state index contributed by atoms with van der Waals surface area (Å²) in [4.78, 5) is 2.65. The molecule has 17 heavy (non-hydrogen) atoms. The molecular weight excluding hydrogens is 208 g/mol. The van der Waals surface area contributed by atoms with Gasteiger partial charge in [-0.2, -0.15) is 0 Å². The van der Waals surface area contributed by atoms with Crippen LogP contribution in [-0.4, -0.2) is 30.1 Å². The molecule has 0 aliphatic carbocycles. The van der Waals surface area contributed by atoms with Crippen molar-refractivity contribution in [3.8, 4) is 0 Å². The molecule has 0 aliphatic heterocycles. The van der Waals surface area contributed by atoms with E-state index in [2.05, 4.69) is 39.5 Å². The molecule has 0 amide bonds. The highest BCUT2D eigenvalue weighted by Crippen LogP contribution is 2.29. The van der Waals surface area contributed by atoms with Crippen LogP contribution >= 0.6 is 0 Å². The van der Waals surface area contributed by atoms with Gasteiger partial charge >= 0.3 is 0 Å². The largest absolute Gasteiger partial charge is 0.329 e. The Hall–Kier alpha value is -0.0800. The fourth-order valence-electron chi connectivity index (χ4n) is 2.77. The van der Waals surface area contributed by atoms with Gasteiger partial charge in [-0.3, -0.25) is 4.90 Å². The normalized spacial score (nSPS) is 17.1. The Morgan fingerprint density at radius 2 is 1.59 bits per heavy atom. The van der Waals surface area contributed by atoms with Crippen molar-refractivity contribution in [1.29, 1.82) is 0 Å². The van der Waals surface area contributed by atoms with Crippen LogP contribution in [0.25, 0.3) is 0 Å². The highest BCUT2D eigenvalue weighted by Gasteiger charge is 2.33. The van der Waals surface area contributed by atoms with Gasteiger partial charge in [-0.25, -0.2) is 0 Å². The number of nitrogens with zero attached hydrogens (tertiary/aromatic N) is 1. The van der Waals surface area contributed by atoms with E-state index in [9.17, 15) is 0 Å². The Balaban J connectivity index is 4.83. The first kappa shape index (κ1) is 16.9. The van der Waals surface area contributed by atoms with Crippen LogP contribution in [0, 0.1) is 5.92 Å². The average Bonchev–Trinajstić information content (AvgIpc) is 2.35. The summed E-state index contributed by atoms with van der Waals surface area (Å²) in [6, 6.07) is 0. The molecule has 104 valence electrons. The van der Waals surface area contributed by atoms with Crippen LogP contribution in [-0.2, 0) is 0 Å². The molecule has 0 aliphatic rings. The van der Waals surface area contributed by atoms with Gasteiger partial charge < -0.3 is 5.73 Å². The van der Waals surface area contributed by atoms with Crippen molar-refractivity contribution in [3.63, 3.8) is 0 Å². The van der Waals surface area contributed by atoms with Gasteiger partial charge in [0.15, 0.2) is 0 Å². The quantitative estimate of drug-likeness (QED) is 0.633. The Kier molecular flexibility index (Phi) is 8.89.